The number of allylic oxidation sites excluding steroid dienone is 6. The van der Waals surface area contributed by atoms with Crippen molar-refractivity contribution >= 4 is 17.9 Å². The number of ether oxygens (including phenoxy) is 3. The van der Waals surface area contributed by atoms with Gasteiger partial charge in [-0.3, -0.25) is 14.4 Å². The van der Waals surface area contributed by atoms with E-state index < -0.39 is 6.10 Å². The maximum atomic E-state index is 12.7. The van der Waals surface area contributed by atoms with E-state index in [2.05, 4.69) is 57.2 Å². The van der Waals surface area contributed by atoms with Crippen molar-refractivity contribution < 1.29 is 28.6 Å². The molecule has 6 nitrogen and oxygen atoms in total. The molecule has 0 heterocycles. The molecular formula is C53H96O6. The third-order valence-electron chi connectivity index (χ3n) is 11.1. The molecule has 0 rings (SSSR count). The second-order valence-electron chi connectivity index (χ2n) is 17.1. The highest BCUT2D eigenvalue weighted by Gasteiger charge is 2.19. The van der Waals surface area contributed by atoms with Gasteiger partial charge in [0.2, 0.25) is 0 Å². The number of carbonyl (C=O) groups excluding carboxylic acids is 3. The Hall–Kier alpha value is -2.37. The Kier molecular flexibility index (Phi) is 46.4. The average molecular weight is 829 g/mol. The van der Waals surface area contributed by atoms with Gasteiger partial charge < -0.3 is 14.2 Å². The molecule has 1 unspecified atom stereocenters. The number of hydrogen-bond acceptors (Lipinski definition) is 6. The molecule has 0 radical (unpaired) electrons. The lowest BCUT2D eigenvalue weighted by molar-refractivity contribution is -0.167. The minimum absolute atomic E-state index is 0.0829. The van der Waals surface area contributed by atoms with E-state index in [4.69, 9.17) is 14.2 Å². The van der Waals surface area contributed by atoms with E-state index in [1.807, 2.05) is 0 Å². The van der Waals surface area contributed by atoms with Crippen molar-refractivity contribution in [1.29, 1.82) is 0 Å². The number of esters is 3. The van der Waals surface area contributed by atoms with Crippen molar-refractivity contribution in [2.45, 2.75) is 271 Å². The SMILES string of the molecule is CCCC/C=C\C=C/CCCCCC(=O)OC(COC(=O)CCCCCCC/C=C\CCCC)COC(=O)CCCCCCCCCCCCCCCCCCCCC. The molecule has 0 aromatic heterocycles. The third kappa shape index (κ3) is 46.5. The summed E-state index contributed by atoms with van der Waals surface area (Å²) in [7, 11) is 0. The second-order valence-corrected chi connectivity index (χ2v) is 17.1. The van der Waals surface area contributed by atoms with Crippen LogP contribution < -0.4 is 0 Å². The van der Waals surface area contributed by atoms with Crippen LogP contribution in [0.25, 0.3) is 0 Å². The lowest BCUT2D eigenvalue weighted by Crippen LogP contribution is -2.30. The molecule has 0 aromatic rings. The van der Waals surface area contributed by atoms with Gasteiger partial charge in [-0.05, 0) is 57.8 Å². The van der Waals surface area contributed by atoms with Crippen LogP contribution in [0.3, 0.4) is 0 Å². The predicted octanol–water partition coefficient (Wildman–Crippen LogP) is 16.5. The van der Waals surface area contributed by atoms with E-state index in [1.165, 1.54) is 148 Å². The summed E-state index contributed by atoms with van der Waals surface area (Å²) in [5.41, 5.74) is 0. The summed E-state index contributed by atoms with van der Waals surface area (Å²) in [6.07, 6.45) is 55.7. The van der Waals surface area contributed by atoms with Crippen molar-refractivity contribution in [1.82, 2.24) is 0 Å². The predicted molar refractivity (Wildman–Crippen MR) is 252 cm³/mol. The number of hydrogen-bond donors (Lipinski definition) is 0. The zero-order valence-electron chi connectivity index (χ0n) is 39.3. The third-order valence-corrected chi connectivity index (χ3v) is 11.1. The van der Waals surface area contributed by atoms with Crippen molar-refractivity contribution in [3.8, 4) is 0 Å². The lowest BCUT2D eigenvalue weighted by atomic mass is 10.0. The minimum atomic E-state index is -0.784. The highest BCUT2D eigenvalue weighted by atomic mass is 16.6. The van der Waals surface area contributed by atoms with Crippen LogP contribution in [0.5, 0.6) is 0 Å². The first-order chi connectivity index (χ1) is 29.0. The van der Waals surface area contributed by atoms with Gasteiger partial charge in [0.15, 0.2) is 6.10 Å². The molecule has 0 aliphatic rings. The van der Waals surface area contributed by atoms with Gasteiger partial charge in [-0.2, -0.15) is 0 Å². The monoisotopic (exact) mass is 829 g/mol. The first-order valence-corrected chi connectivity index (χ1v) is 25.5. The van der Waals surface area contributed by atoms with Crippen molar-refractivity contribution in [3.63, 3.8) is 0 Å². The maximum Gasteiger partial charge on any atom is 0.306 e. The van der Waals surface area contributed by atoms with E-state index in [9.17, 15) is 14.4 Å². The summed E-state index contributed by atoms with van der Waals surface area (Å²) in [4.78, 5) is 37.8. The van der Waals surface area contributed by atoms with Crippen LogP contribution in [0.2, 0.25) is 0 Å². The molecule has 1 atom stereocenters. The maximum absolute atomic E-state index is 12.7. The van der Waals surface area contributed by atoms with E-state index in [1.54, 1.807) is 0 Å². The molecular weight excluding hydrogens is 733 g/mol. The zero-order chi connectivity index (χ0) is 43.0. The molecule has 0 saturated heterocycles. The Balaban J connectivity index is 4.28. The zero-order valence-corrected chi connectivity index (χ0v) is 39.3. The molecule has 0 aliphatic heterocycles. The molecule has 0 bridgehead atoms. The summed E-state index contributed by atoms with van der Waals surface area (Å²) in [6.45, 7) is 6.53. The Labute approximate surface area is 365 Å². The van der Waals surface area contributed by atoms with Crippen molar-refractivity contribution in [3.05, 3.63) is 36.5 Å². The van der Waals surface area contributed by atoms with Gasteiger partial charge in [-0.1, -0.05) is 224 Å². The van der Waals surface area contributed by atoms with Gasteiger partial charge in [0.25, 0.3) is 0 Å². The lowest BCUT2D eigenvalue weighted by Gasteiger charge is -2.18. The fourth-order valence-electron chi connectivity index (χ4n) is 7.22. The van der Waals surface area contributed by atoms with Crippen LogP contribution in [0.1, 0.15) is 265 Å². The van der Waals surface area contributed by atoms with Gasteiger partial charge in [0.1, 0.15) is 13.2 Å². The Morgan fingerprint density at radius 3 is 1.03 bits per heavy atom. The Morgan fingerprint density at radius 2 is 0.627 bits per heavy atom. The van der Waals surface area contributed by atoms with Crippen LogP contribution in [0, 0.1) is 0 Å². The quantitative estimate of drug-likeness (QED) is 0.0200. The number of carbonyl (C=O) groups is 3. The minimum Gasteiger partial charge on any atom is -0.462 e. The smallest absolute Gasteiger partial charge is 0.306 e. The fourth-order valence-corrected chi connectivity index (χ4v) is 7.22. The van der Waals surface area contributed by atoms with Gasteiger partial charge in [0, 0.05) is 19.3 Å². The normalized spacial score (nSPS) is 12.3. The number of unbranched alkanes of at least 4 members (excludes halogenated alkanes) is 30. The standard InChI is InChI=1S/C53H96O6/c1-4-7-10-13-16-19-22-23-24-25-26-27-28-29-32-34-37-40-43-46-52(55)58-49-50(59-53(56)47-44-41-38-35-31-21-18-15-12-9-6-3)48-57-51(54)45-42-39-36-33-30-20-17-14-11-8-5-2/h14-15,17-18,21,31,50H,4-13,16,19-20,22-30,32-49H2,1-3H3/b17-14-,18-15-,31-21-. The van der Waals surface area contributed by atoms with Crippen molar-refractivity contribution in [2.24, 2.45) is 0 Å². The molecule has 0 saturated carbocycles. The largest absolute Gasteiger partial charge is 0.462 e. The molecule has 344 valence electrons. The fraction of sp³-hybridized carbons (Fsp3) is 0.830. The highest BCUT2D eigenvalue weighted by Crippen LogP contribution is 2.16. The Morgan fingerprint density at radius 1 is 0.339 bits per heavy atom. The molecule has 0 N–H and O–H groups in total. The average Bonchev–Trinajstić information content (AvgIpc) is 3.23. The summed E-state index contributed by atoms with van der Waals surface area (Å²) in [5, 5.41) is 0. The molecule has 0 fully saturated rings. The molecule has 0 amide bonds. The first-order valence-electron chi connectivity index (χ1n) is 25.5. The van der Waals surface area contributed by atoms with E-state index in [0.29, 0.717) is 19.3 Å². The summed E-state index contributed by atoms with van der Waals surface area (Å²) in [5.74, 6) is -0.914. The summed E-state index contributed by atoms with van der Waals surface area (Å²) < 4.78 is 16.7. The van der Waals surface area contributed by atoms with Gasteiger partial charge in [-0.25, -0.2) is 0 Å². The van der Waals surface area contributed by atoms with Gasteiger partial charge in [0.05, 0.1) is 0 Å². The molecule has 0 spiro atoms. The summed E-state index contributed by atoms with van der Waals surface area (Å²) >= 11 is 0. The molecule has 0 aliphatic carbocycles. The van der Waals surface area contributed by atoms with E-state index in [-0.39, 0.29) is 31.1 Å². The molecule has 6 heteroatoms. The Bertz CT molecular complexity index is 1000. The van der Waals surface area contributed by atoms with Crippen LogP contribution in [-0.4, -0.2) is 37.2 Å². The van der Waals surface area contributed by atoms with Crippen molar-refractivity contribution in [2.75, 3.05) is 13.2 Å². The highest BCUT2D eigenvalue weighted by molar-refractivity contribution is 5.71. The van der Waals surface area contributed by atoms with Gasteiger partial charge >= 0.3 is 17.9 Å². The van der Waals surface area contributed by atoms with Gasteiger partial charge in [-0.15, -0.1) is 0 Å². The molecule has 0 aromatic carbocycles. The first kappa shape index (κ1) is 56.6. The number of rotatable bonds is 46. The van der Waals surface area contributed by atoms with Crippen LogP contribution in [0.4, 0.5) is 0 Å². The topological polar surface area (TPSA) is 78.9 Å². The van der Waals surface area contributed by atoms with E-state index >= 15 is 0 Å². The van der Waals surface area contributed by atoms with Crippen LogP contribution in [-0.2, 0) is 28.6 Å². The van der Waals surface area contributed by atoms with Crippen LogP contribution >= 0.6 is 0 Å². The second kappa shape index (κ2) is 48.3. The van der Waals surface area contributed by atoms with Crippen LogP contribution in [0.15, 0.2) is 36.5 Å². The summed E-state index contributed by atoms with van der Waals surface area (Å²) in [6, 6.07) is 0. The molecule has 59 heavy (non-hydrogen) atoms. The van der Waals surface area contributed by atoms with E-state index in [0.717, 1.165) is 77.0 Å².